The molecule has 0 unspecified atom stereocenters. The minimum absolute atomic E-state index is 0.180. The molecule has 152 valence electrons. The van der Waals surface area contributed by atoms with Gasteiger partial charge in [-0.1, -0.05) is 0 Å². The Hall–Kier alpha value is -2.68. The van der Waals surface area contributed by atoms with Crippen LogP contribution in [0.5, 0.6) is 0 Å². The number of morpholine rings is 1. The molecule has 1 aromatic carbocycles. The minimum Gasteiger partial charge on any atom is -0.379 e. The van der Waals surface area contributed by atoms with Crippen LogP contribution in [-0.4, -0.2) is 52.9 Å². The quantitative estimate of drug-likeness (QED) is 0.640. The second kappa shape index (κ2) is 9.21. The number of hydrogen-bond acceptors (Lipinski definition) is 5. The summed E-state index contributed by atoms with van der Waals surface area (Å²) >= 11 is 0. The maximum absolute atomic E-state index is 14.2. The molecule has 1 aliphatic heterocycles. The molecule has 29 heavy (non-hydrogen) atoms. The number of H-pyrrole nitrogens is 1. The normalized spacial score (nSPS) is 16.1. The van der Waals surface area contributed by atoms with Crippen LogP contribution in [-0.2, 0) is 11.3 Å². The topological polar surface area (TPSA) is 66.1 Å². The average molecular weight is 399 g/mol. The third-order valence-corrected chi connectivity index (χ3v) is 5.15. The van der Waals surface area contributed by atoms with Gasteiger partial charge in [0, 0.05) is 61.8 Å². The lowest BCUT2D eigenvalue weighted by Gasteiger charge is -2.35. The zero-order valence-corrected chi connectivity index (χ0v) is 15.9. The van der Waals surface area contributed by atoms with Gasteiger partial charge >= 0.3 is 0 Å². The Bertz CT molecular complexity index is 928. The van der Waals surface area contributed by atoms with E-state index < -0.39 is 11.6 Å². The van der Waals surface area contributed by atoms with E-state index in [1.807, 2.05) is 12.1 Å². The molecule has 8 heteroatoms. The van der Waals surface area contributed by atoms with Gasteiger partial charge in [0.1, 0.15) is 11.6 Å². The maximum Gasteiger partial charge on any atom is 0.135 e. The Morgan fingerprint density at radius 2 is 1.93 bits per heavy atom. The van der Waals surface area contributed by atoms with Gasteiger partial charge in [0.05, 0.1) is 25.1 Å². The van der Waals surface area contributed by atoms with Gasteiger partial charge in [0.15, 0.2) is 0 Å². The van der Waals surface area contributed by atoms with E-state index in [1.165, 1.54) is 17.7 Å². The molecule has 0 bridgehead atoms. The van der Waals surface area contributed by atoms with E-state index in [1.54, 1.807) is 18.6 Å². The summed E-state index contributed by atoms with van der Waals surface area (Å²) in [6.45, 7) is 4.39. The molecule has 6 nitrogen and oxygen atoms in total. The third kappa shape index (κ3) is 4.67. The van der Waals surface area contributed by atoms with Crippen LogP contribution >= 0.6 is 0 Å². The van der Waals surface area contributed by atoms with Gasteiger partial charge in [-0.15, -0.1) is 0 Å². The highest BCUT2D eigenvalue weighted by Gasteiger charge is 2.22. The highest BCUT2D eigenvalue weighted by Crippen LogP contribution is 2.25. The number of halogens is 2. The number of hydrogen-bond donors (Lipinski definition) is 2. The van der Waals surface area contributed by atoms with E-state index in [4.69, 9.17) is 4.74 Å². The standard InChI is InChI=1S/C21H23F2N5O/c22-17-1-2-18(19(23)11-17)21-16(13-26-27-21)12-25-14-20(15-3-5-24-6-4-15)28-7-9-29-10-8-28/h1-6,11,13,20,25H,7-10,12,14H2,(H,26,27)/t20-/m0/s1. The van der Waals surface area contributed by atoms with Crippen molar-refractivity contribution < 1.29 is 13.5 Å². The number of pyridine rings is 1. The van der Waals surface area contributed by atoms with Crippen LogP contribution in [0.15, 0.2) is 48.9 Å². The summed E-state index contributed by atoms with van der Waals surface area (Å²) in [7, 11) is 0. The van der Waals surface area contributed by atoms with Crippen LogP contribution in [0.3, 0.4) is 0 Å². The summed E-state index contributed by atoms with van der Waals surface area (Å²) in [4.78, 5) is 6.51. The van der Waals surface area contributed by atoms with E-state index in [2.05, 4.69) is 25.4 Å². The SMILES string of the molecule is Fc1ccc(-c2[nH]ncc2CNC[C@@H](c2ccncc2)N2CCOCC2)c(F)c1. The first kappa shape index (κ1) is 19.6. The molecule has 4 rings (SSSR count). The molecule has 1 fully saturated rings. The summed E-state index contributed by atoms with van der Waals surface area (Å²) in [5.41, 5.74) is 2.87. The largest absolute Gasteiger partial charge is 0.379 e. The fraction of sp³-hybridized carbons (Fsp3) is 0.333. The zero-order valence-electron chi connectivity index (χ0n) is 15.9. The number of ether oxygens (including phenoxy) is 1. The molecule has 0 spiro atoms. The Balaban J connectivity index is 1.46. The van der Waals surface area contributed by atoms with E-state index in [0.29, 0.717) is 24.3 Å². The second-order valence-electron chi connectivity index (χ2n) is 6.97. The molecule has 3 aromatic rings. The summed E-state index contributed by atoms with van der Waals surface area (Å²) < 4.78 is 32.9. The van der Waals surface area contributed by atoms with Gasteiger partial charge in [-0.05, 0) is 29.8 Å². The molecule has 0 saturated carbocycles. The number of rotatable bonds is 7. The van der Waals surface area contributed by atoms with Crippen LogP contribution in [0.25, 0.3) is 11.3 Å². The van der Waals surface area contributed by atoms with E-state index in [-0.39, 0.29) is 6.04 Å². The Morgan fingerprint density at radius 1 is 1.14 bits per heavy atom. The summed E-state index contributed by atoms with van der Waals surface area (Å²) in [5, 5.41) is 10.3. The molecule has 0 amide bonds. The summed E-state index contributed by atoms with van der Waals surface area (Å²) in [5.74, 6) is -1.21. The lowest BCUT2D eigenvalue weighted by Crippen LogP contribution is -2.42. The predicted molar refractivity (Wildman–Crippen MR) is 105 cm³/mol. The monoisotopic (exact) mass is 399 g/mol. The molecule has 3 heterocycles. The second-order valence-corrected chi connectivity index (χ2v) is 6.97. The molecule has 2 N–H and O–H groups in total. The zero-order chi connectivity index (χ0) is 20.1. The van der Waals surface area contributed by atoms with E-state index in [9.17, 15) is 8.78 Å². The van der Waals surface area contributed by atoms with Gasteiger partial charge < -0.3 is 10.1 Å². The Kier molecular flexibility index (Phi) is 6.24. The van der Waals surface area contributed by atoms with Crippen LogP contribution in [0, 0.1) is 11.6 Å². The van der Waals surface area contributed by atoms with Gasteiger partial charge in [0.2, 0.25) is 0 Å². The number of nitrogens with one attached hydrogen (secondary N) is 2. The Labute approximate surface area is 167 Å². The fourth-order valence-corrected chi connectivity index (χ4v) is 3.65. The minimum atomic E-state index is -0.613. The number of benzene rings is 1. The molecular weight excluding hydrogens is 376 g/mol. The van der Waals surface area contributed by atoms with Crippen molar-refractivity contribution in [3.63, 3.8) is 0 Å². The van der Waals surface area contributed by atoms with Crippen molar-refractivity contribution in [3.05, 3.63) is 71.7 Å². The third-order valence-electron chi connectivity index (χ3n) is 5.15. The lowest BCUT2D eigenvalue weighted by molar-refractivity contribution is 0.0161. The Morgan fingerprint density at radius 3 is 2.69 bits per heavy atom. The van der Waals surface area contributed by atoms with Gasteiger partial charge in [0.25, 0.3) is 0 Å². The molecule has 1 saturated heterocycles. The highest BCUT2D eigenvalue weighted by molar-refractivity contribution is 5.63. The fourth-order valence-electron chi connectivity index (χ4n) is 3.65. The van der Waals surface area contributed by atoms with Crippen molar-refractivity contribution in [1.29, 1.82) is 0 Å². The highest BCUT2D eigenvalue weighted by atomic mass is 19.1. The molecule has 1 aliphatic rings. The van der Waals surface area contributed by atoms with Crippen LogP contribution in [0.4, 0.5) is 8.78 Å². The number of nitrogens with zero attached hydrogens (tertiary/aromatic N) is 3. The van der Waals surface area contributed by atoms with Gasteiger partial charge in [-0.2, -0.15) is 5.10 Å². The van der Waals surface area contributed by atoms with Gasteiger partial charge in [-0.25, -0.2) is 8.78 Å². The smallest absolute Gasteiger partial charge is 0.135 e. The number of aromatic nitrogens is 3. The van der Waals surface area contributed by atoms with Gasteiger partial charge in [-0.3, -0.25) is 15.0 Å². The van der Waals surface area contributed by atoms with Crippen molar-refractivity contribution in [2.45, 2.75) is 12.6 Å². The number of aromatic amines is 1. The molecular formula is C21H23F2N5O. The average Bonchev–Trinajstić information content (AvgIpc) is 3.21. The first-order valence-corrected chi connectivity index (χ1v) is 9.62. The molecule has 0 radical (unpaired) electrons. The summed E-state index contributed by atoms with van der Waals surface area (Å²) in [6.07, 6.45) is 5.27. The van der Waals surface area contributed by atoms with Crippen molar-refractivity contribution in [2.24, 2.45) is 0 Å². The van der Waals surface area contributed by atoms with Crippen molar-refractivity contribution in [1.82, 2.24) is 25.4 Å². The van der Waals surface area contributed by atoms with Crippen LogP contribution in [0.2, 0.25) is 0 Å². The van der Waals surface area contributed by atoms with E-state index in [0.717, 1.165) is 37.9 Å². The van der Waals surface area contributed by atoms with Crippen molar-refractivity contribution >= 4 is 0 Å². The van der Waals surface area contributed by atoms with E-state index >= 15 is 0 Å². The van der Waals surface area contributed by atoms with Crippen LogP contribution in [0.1, 0.15) is 17.2 Å². The van der Waals surface area contributed by atoms with Crippen molar-refractivity contribution in [2.75, 3.05) is 32.8 Å². The molecule has 0 aliphatic carbocycles. The predicted octanol–water partition coefficient (Wildman–Crippen LogP) is 2.91. The molecule has 2 aromatic heterocycles. The molecule has 1 atom stereocenters. The first-order chi connectivity index (χ1) is 14.2. The first-order valence-electron chi connectivity index (χ1n) is 9.62. The lowest BCUT2D eigenvalue weighted by atomic mass is 10.1. The van der Waals surface area contributed by atoms with Crippen molar-refractivity contribution in [3.8, 4) is 11.3 Å². The van der Waals surface area contributed by atoms with Crippen LogP contribution < -0.4 is 5.32 Å². The maximum atomic E-state index is 14.2. The summed E-state index contributed by atoms with van der Waals surface area (Å²) in [6, 6.07) is 7.78.